The van der Waals surface area contributed by atoms with Crippen molar-refractivity contribution in [3.8, 4) is 5.88 Å². The van der Waals surface area contributed by atoms with Crippen LogP contribution in [-0.4, -0.2) is 48.3 Å². The van der Waals surface area contributed by atoms with E-state index in [1.54, 1.807) is 18.2 Å². The van der Waals surface area contributed by atoms with E-state index in [2.05, 4.69) is 32.4 Å². The highest BCUT2D eigenvalue weighted by atomic mass is 35.5. The molecular formula is C23H21Cl3N6O2. The van der Waals surface area contributed by atoms with Crippen molar-refractivity contribution in [1.29, 1.82) is 0 Å². The van der Waals surface area contributed by atoms with Crippen LogP contribution in [-0.2, 0) is 0 Å². The van der Waals surface area contributed by atoms with E-state index in [0.717, 1.165) is 31.0 Å². The van der Waals surface area contributed by atoms with Gasteiger partial charge in [-0.3, -0.25) is 9.69 Å². The lowest BCUT2D eigenvalue weighted by Gasteiger charge is -2.34. The Morgan fingerprint density at radius 3 is 2.68 bits per heavy atom. The van der Waals surface area contributed by atoms with Crippen LogP contribution in [0.2, 0.25) is 15.1 Å². The number of halogens is 3. The van der Waals surface area contributed by atoms with Crippen molar-refractivity contribution in [3.63, 3.8) is 0 Å². The lowest BCUT2D eigenvalue weighted by molar-refractivity contribution is 0.0932. The second kappa shape index (κ2) is 9.46. The fourth-order valence-corrected chi connectivity index (χ4v) is 4.95. The summed E-state index contributed by atoms with van der Waals surface area (Å²) in [5.74, 6) is 0.121. The van der Waals surface area contributed by atoms with Crippen molar-refractivity contribution in [2.45, 2.75) is 13.0 Å². The maximum absolute atomic E-state index is 13.0. The quantitative estimate of drug-likeness (QED) is 0.503. The van der Waals surface area contributed by atoms with E-state index in [9.17, 15) is 4.79 Å². The zero-order chi connectivity index (χ0) is 23.8. The molecule has 0 radical (unpaired) electrons. The zero-order valence-corrected chi connectivity index (χ0v) is 20.5. The maximum atomic E-state index is 13.0. The normalized spacial score (nSPS) is 17.9. The number of benzene rings is 2. The van der Waals surface area contributed by atoms with Gasteiger partial charge in [-0.15, -0.1) is 0 Å². The van der Waals surface area contributed by atoms with Crippen molar-refractivity contribution in [3.05, 3.63) is 63.2 Å². The van der Waals surface area contributed by atoms with Crippen LogP contribution in [0.4, 0.5) is 23.0 Å². The van der Waals surface area contributed by atoms with E-state index < -0.39 is 0 Å². The molecule has 0 spiro atoms. The number of piperazine rings is 1. The van der Waals surface area contributed by atoms with Crippen LogP contribution in [0.1, 0.15) is 17.3 Å². The van der Waals surface area contributed by atoms with E-state index in [1.165, 1.54) is 11.1 Å². The Morgan fingerprint density at radius 1 is 1.15 bits per heavy atom. The van der Waals surface area contributed by atoms with Gasteiger partial charge in [0, 0.05) is 37.6 Å². The molecule has 11 heteroatoms. The standard InChI is InChI=1S/C23H21Cl3N6O2/c1-13-11-31(8-7-27-13)19-6-5-14(9-18(19)26)29-23-28-10-15-21(30-23)34-12-32(22(15)33)20-16(24)3-2-4-17(20)25/h2-6,9-10,13,27H,7-8,11-12H2,1H3,(H,28,29,30). The number of ether oxygens (including phenoxy) is 1. The maximum Gasteiger partial charge on any atom is 0.268 e. The molecule has 3 heterocycles. The molecule has 1 unspecified atom stereocenters. The van der Waals surface area contributed by atoms with Gasteiger partial charge in [0.2, 0.25) is 11.8 Å². The first-order valence-electron chi connectivity index (χ1n) is 10.7. The van der Waals surface area contributed by atoms with Gasteiger partial charge in [-0.2, -0.15) is 4.98 Å². The topological polar surface area (TPSA) is 82.6 Å². The third kappa shape index (κ3) is 4.46. The first-order chi connectivity index (χ1) is 16.4. The summed E-state index contributed by atoms with van der Waals surface area (Å²) in [5, 5.41) is 7.88. The highest BCUT2D eigenvalue weighted by Crippen LogP contribution is 2.37. The van der Waals surface area contributed by atoms with E-state index >= 15 is 0 Å². The van der Waals surface area contributed by atoms with Gasteiger partial charge in [0.1, 0.15) is 5.56 Å². The molecular weight excluding hydrogens is 499 g/mol. The fraction of sp³-hybridized carbons (Fsp3) is 0.261. The van der Waals surface area contributed by atoms with Crippen LogP contribution in [0.15, 0.2) is 42.6 Å². The van der Waals surface area contributed by atoms with Gasteiger partial charge in [-0.05, 0) is 37.3 Å². The Labute approximate surface area is 211 Å². The van der Waals surface area contributed by atoms with Gasteiger partial charge in [0.25, 0.3) is 5.91 Å². The number of carbonyl (C=O) groups is 1. The Kier molecular flexibility index (Phi) is 6.40. The van der Waals surface area contributed by atoms with Gasteiger partial charge < -0.3 is 20.3 Å². The summed E-state index contributed by atoms with van der Waals surface area (Å²) < 4.78 is 5.74. The van der Waals surface area contributed by atoms with Crippen LogP contribution in [0.25, 0.3) is 0 Å². The summed E-state index contributed by atoms with van der Waals surface area (Å²) in [6.45, 7) is 4.78. The molecule has 2 aliphatic rings. The van der Waals surface area contributed by atoms with E-state index in [0.29, 0.717) is 26.8 Å². The van der Waals surface area contributed by atoms with E-state index in [4.69, 9.17) is 39.5 Å². The monoisotopic (exact) mass is 518 g/mol. The number of aromatic nitrogens is 2. The van der Waals surface area contributed by atoms with Crippen LogP contribution >= 0.6 is 34.8 Å². The largest absolute Gasteiger partial charge is 0.455 e. The molecule has 1 amide bonds. The van der Waals surface area contributed by atoms with Gasteiger partial charge in [0.05, 0.1) is 26.4 Å². The lowest BCUT2D eigenvalue weighted by atomic mass is 10.2. The molecule has 2 aromatic carbocycles. The van der Waals surface area contributed by atoms with Gasteiger partial charge in [0.15, 0.2) is 6.73 Å². The Hall–Kier alpha value is -2.78. The van der Waals surface area contributed by atoms with Crippen molar-refractivity contribution in [1.82, 2.24) is 15.3 Å². The number of carbonyl (C=O) groups excluding carboxylic acids is 1. The van der Waals surface area contributed by atoms with Crippen molar-refractivity contribution in [2.75, 3.05) is 41.5 Å². The first-order valence-corrected chi connectivity index (χ1v) is 11.8. The summed E-state index contributed by atoms with van der Waals surface area (Å²) in [6.07, 6.45) is 1.42. The van der Waals surface area contributed by atoms with Gasteiger partial charge in [-0.25, -0.2) is 4.98 Å². The SMILES string of the molecule is CC1CN(c2ccc(Nc3ncc4c(n3)OCN(c3c(Cl)cccc3Cl)C4=O)cc2Cl)CCN1. The molecule has 8 nitrogen and oxygen atoms in total. The molecule has 1 fully saturated rings. The predicted molar refractivity (Wildman–Crippen MR) is 135 cm³/mol. The number of para-hydroxylation sites is 1. The number of amides is 1. The fourth-order valence-electron chi connectivity index (χ4n) is 4.05. The number of anilines is 4. The molecule has 0 aliphatic carbocycles. The van der Waals surface area contributed by atoms with Crippen molar-refractivity contribution < 1.29 is 9.53 Å². The Bertz CT molecular complexity index is 1240. The second-order valence-electron chi connectivity index (χ2n) is 8.08. The molecule has 1 aromatic heterocycles. The van der Waals surface area contributed by atoms with Crippen molar-refractivity contribution >= 4 is 63.7 Å². The number of hydrogen-bond acceptors (Lipinski definition) is 7. The molecule has 34 heavy (non-hydrogen) atoms. The average molecular weight is 520 g/mol. The van der Waals surface area contributed by atoms with Gasteiger partial charge >= 0.3 is 0 Å². The molecule has 3 aromatic rings. The summed E-state index contributed by atoms with van der Waals surface area (Å²) in [6, 6.07) is 11.2. The minimum atomic E-state index is -0.347. The third-order valence-electron chi connectivity index (χ3n) is 5.68. The number of fused-ring (bicyclic) bond motifs is 1. The summed E-state index contributed by atoms with van der Waals surface area (Å²) >= 11 is 19.1. The summed E-state index contributed by atoms with van der Waals surface area (Å²) in [7, 11) is 0. The van der Waals surface area contributed by atoms with Crippen LogP contribution in [0, 0.1) is 0 Å². The number of rotatable bonds is 4. The molecule has 1 atom stereocenters. The van der Waals surface area contributed by atoms with Crippen LogP contribution < -0.4 is 25.2 Å². The Balaban J connectivity index is 1.34. The van der Waals surface area contributed by atoms with E-state index in [-0.39, 0.29) is 30.0 Å². The molecule has 0 saturated carbocycles. The minimum Gasteiger partial charge on any atom is -0.455 e. The minimum absolute atomic E-state index is 0.0740. The summed E-state index contributed by atoms with van der Waals surface area (Å²) in [5.41, 5.74) is 2.31. The predicted octanol–water partition coefficient (Wildman–Crippen LogP) is 4.98. The highest BCUT2D eigenvalue weighted by Gasteiger charge is 2.31. The molecule has 1 saturated heterocycles. The van der Waals surface area contributed by atoms with Crippen LogP contribution in [0.5, 0.6) is 5.88 Å². The van der Waals surface area contributed by atoms with Crippen molar-refractivity contribution in [2.24, 2.45) is 0 Å². The molecule has 2 N–H and O–H groups in total. The van der Waals surface area contributed by atoms with Gasteiger partial charge in [-0.1, -0.05) is 40.9 Å². The zero-order valence-electron chi connectivity index (χ0n) is 18.2. The summed E-state index contributed by atoms with van der Waals surface area (Å²) in [4.78, 5) is 25.3. The molecule has 5 rings (SSSR count). The Morgan fingerprint density at radius 2 is 1.94 bits per heavy atom. The molecule has 2 aliphatic heterocycles. The first kappa shape index (κ1) is 23.0. The molecule has 176 valence electrons. The van der Waals surface area contributed by atoms with Crippen LogP contribution in [0.3, 0.4) is 0 Å². The lowest BCUT2D eigenvalue weighted by Crippen LogP contribution is -2.49. The average Bonchev–Trinajstić information content (AvgIpc) is 2.80. The number of nitrogens with zero attached hydrogens (tertiary/aromatic N) is 4. The van der Waals surface area contributed by atoms with E-state index in [1.807, 2.05) is 18.2 Å². The highest BCUT2D eigenvalue weighted by molar-refractivity contribution is 6.40. The number of nitrogens with one attached hydrogen (secondary N) is 2. The number of hydrogen-bond donors (Lipinski definition) is 2. The smallest absolute Gasteiger partial charge is 0.268 e. The second-order valence-corrected chi connectivity index (χ2v) is 9.30. The molecule has 0 bridgehead atoms. The third-order valence-corrected chi connectivity index (χ3v) is 6.59.